The summed E-state index contributed by atoms with van der Waals surface area (Å²) in [5, 5.41) is 6.45. The molecule has 0 aliphatic carbocycles. The number of pyridine rings is 2. The second kappa shape index (κ2) is 13.8. The first-order chi connectivity index (χ1) is 21.5. The number of nitrogens with zero attached hydrogens (tertiary/aromatic N) is 4. The molecule has 8 nitrogen and oxygen atoms in total. The van der Waals surface area contributed by atoms with Crippen molar-refractivity contribution in [2.45, 2.75) is 51.2 Å². The van der Waals surface area contributed by atoms with Crippen LogP contribution in [0.5, 0.6) is 0 Å². The summed E-state index contributed by atoms with van der Waals surface area (Å²) in [6.45, 7) is 6.46. The molecule has 2 aromatic carbocycles. The summed E-state index contributed by atoms with van der Waals surface area (Å²) in [4.78, 5) is 39.7. The topological polar surface area (TPSA) is 90.5 Å². The predicted octanol–water partition coefficient (Wildman–Crippen LogP) is 5.25. The molecular formula is C36H40N6O2. The average molecular weight is 589 g/mol. The number of aromatic nitrogens is 2. The first-order valence-corrected chi connectivity index (χ1v) is 15.6. The third-order valence-electron chi connectivity index (χ3n) is 8.85. The van der Waals surface area contributed by atoms with E-state index in [4.69, 9.17) is 4.98 Å². The van der Waals surface area contributed by atoms with E-state index in [2.05, 4.69) is 37.6 Å². The molecule has 2 aromatic heterocycles. The minimum atomic E-state index is -0.0128. The first-order valence-electron chi connectivity index (χ1n) is 15.6. The van der Waals surface area contributed by atoms with Gasteiger partial charge in [-0.2, -0.15) is 0 Å². The maximum absolute atomic E-state index is 13.2. The van der Waals surface area contributed by atoms with Gasteiger partial charge in [-0.15, -0.1) is 0 Å². The lowest BCUT2D eigenvalue weighted by molar-refractivity contribution is 0.0905. The molecule has 2 amide bonds. The molecule has 0 radical (unpaired) electrons. The summed E-state index contributed by atoms with van der Waals surface area (Å²) in [5.74, 6) is 0.978. The molecule has 0 atom stereocenters. The zero-order chi connectivity index (χ0) is 30.3. The Kier molecular flexibility index (Phi) is 9.27. The summed E-state index contributed by atoms with van der Waals surface area (Å²) in [7, 11) is 0. The van der Waals surface area contributed by atoms with Crippen LogP contribution in [0.3, 0.4) is 0 Å². The van der Waals surface area contributed by atoms with Crippen molar-refractivity contribution in [2.24, 2.45) is 0 Å². The lowest BCUT2D eigenvalue weighted by atomic mass is 9.98. The highest BCUT2D eigenvalue weighted by Gasteiger charge is 2.24. The molecular weight excluding hydrogens is 548 g/mol. The van der Waals surface area contributed by atoms with Crippen LogP contribution >= 0.6 is 0 Å². The smallest absolute Gasteiger partial charge is 0.251 e. The second-order valence-corrected chi connectivity index (χ2v) is 11.8. The highest BCUT2D eigenvalue weighted by molar-refractivity contribution is 5.97. The molecule has 2 fully saturated rings. The van der Waals surface area contributed by atoms with Crippen molar-refractivity contribution in [1.82, 2.24) is 25.5 Å². The van der Waals surface area contributed by atoms with Gasteiger partial charge in [-0.1, -0.05) is 42.5 Å². The van der Waals surface area contributed by atoms with Crippen LogP contribution in [0, 0.1) is 6.92 Å². The molecule has 0 unspecified atom stereocenters. The van der Waals surface area contributed by atoms with Crippen LogP contribution in [0.1, 0.15) is 57.5 Å². The van der Waals surface area contributed by atoms with Crippen LogP contribution < -0.4 is 15.5 Å². The van der Waals surface area contributed by atoms with Crippen LogP contribution in [0.4, 0.5) is 5.82 Å². The van der Waals surface area contributed by atoms with Crippen molar-refractivity contribution in [2.75, 3.05) is 31.1 Å². The maximum Gasteiger partial charge on any atom is 0.251 e. The zero-order valence-corrected chi connectivity index (χ0v) is 25.3. The quantitative estimate of drug-likeness (QED) is 0.293. The van der Waals surface area contributed by atoms with Crippen molar-refractivity contribution in [3.05, 3.63) is 114 Å². The first kappa shape index (κ1) is 29.5. The Bertz CT molecular complexity index is 1550. The molecule has 4 aromatic rings. The molecule has 0 saturated carbocycles. The van der Waals surface area contributed by atoms with Gasteiger partial charge in [0.05, 0.1) is 5.69 Å². The largest absolute Gasteiger partial charge is 0.356 e. The number of nitrogens with one attached hydrogen (secondary N) is 2. The number of anilines is 1. The molecule has 0 bridgehead atoms. The summed E-state index contributed by atoms with van der Waals surface area (Å²) in [6, 6.07) is 25.7. The van der Waals surface area contributed by atoms with E-state index in [0.29, 0.717) is 11.1 Å². The Labute approximate surface area is 259 Å². The van der Waals surface area contributed by atoms with E-state index in [1.807, 2.05) is 79.9 Å². The number of likely N-dealkylation sites (tertiary alicyclic amines) is 1. The standard InChI is InChI=1S/C36H40N6O2/c1-26-31(33-12-5-6-19-37-33)10-7-11-32(26)36(44)40-29-15-20-41(21-16-29)25-27-13-14-34(38-24-27)42-22-17-30(18-23-42)39-35(43)28-8-3-2-4-9-28/h2-14,19,24,29-30H,15-18,20-23,25H2,1H3,(H,39,43)(H,40,44). The minimum absolute atomic E-state index is 0.000529. The van der Waals surface area contributed by atoms with Gasteiger partial charge in [-0.05, 0) is 80.1 Å². The van der Waals surface area contributed by atoms with E-state index in [1.54, 1.807) is 6.20 Å². The van der Waals surface area contributed by atoms with Crippen molar-refractivity contribution < 1.29 is 9.59 Å². The Balaban J connectivity index is 0.946. The highest BCUT2D eigenvalue weighted by atomic mass is 16.2. The van der Waals surface area contributed by atoms with E-state index in [-0.39, 0.29) is 23.9 Å². The number of carbonyl (C=O) groups is 2. The van der Waals surface area contributed by atoms with E-state index >= 15 is 0 Å². The number of piperidine rings is 2. The average Bonchev–Trinajstić information content (AvgIpc) is 3.07. The van der Waals surface area contributed by atoms with Crippen LogP contribution in [-0.4, -0.2) is 64.9 Å². The molecule has 2 N–H and O–H groups in total. The molecule has 226 valence electrons. The third-order valence-corrected chi connectivity index (χ3v) is 8.85. The van der Waals surface area contributed by atoms with Crippen molar-refractivity contribution in [3.63, 3.8) is 0 Å². The Hall–Kier alpha value is -4.56. The fourth-order valence-electron chi connectivity index (χ4n) is 6.25. The minimum Gasteiger partial charge on any atom is -0.356 e. The molecule has 2 aliphatic heterocycles. The number of carbonyl (C=O) groups excluding carboxylic acids is 2. The van der Waals surface area contributed by atoms with Crippen LogP contribution in [-0.2, 0) is 6.54 Å². The van der Waals surface area contributed by atoms with E-state index in [0.717, 1.165) is 81.0 Å². The number of hydrogen-bond acceptors (Lipinski definition) is 6. The molecule has 6 rings (SSSR count). The lowest BCUT2D eigenvalue weighted by Crippen LogP contribution is -2.45. The van der Waals surface area contributed by atoms with E-state index < -0.39 is 0 Å². The monoisotopic (exact) mass is 588 g/mol. The maximum atomic E-state index is 13.2. The van der Waals surface area contributed by atoms with Gasteiger partial charge < -0.3 is 15.5 Å². The number of benzene rings is 2. The fourth-order valence-corrected chi connectivity index (χ4v) is 6.25. The lowest BCUT2D eigenvalue weighted by Gasteiger charge is -2.34. The summed E-state index contributed by atoms with van der Waals surface area (Å²) >= 11 is 0. The van der Waals surface area contributed by atoms with Gasteiger partial charge in [0.25, 0.3) is 11.8 Å². The van der Waals surface area contributed by atoms with Gasteiger partial charge in [0.15, 0.2) is 0 Å². The van der Waals surface area contributed by atoms with Gasteiger partial charge in [-0.3, -0.25) is 19.5 Å². The van der Waals surface area contributed by atoms with Crippen LogP contribution in [0.2, 0.25) is 0 Å². The summed E-state index contributed by atoms with van der Waals surface area (Å²) in [5.41, 5.74) is 5.44. The molecule has 2 aliphatic rings. The van der Waals surface area contributed by atoms with Gasteiger partial charge in [0.1, 0.15) is 5.82 Å². The van der Waals surface area contributed by atoms with Gasteiger partial charge in [0, 0.05) is 73.9 Å². The van der Waals surface area contributed by atoms with Crippen LogP contribution in [0.15, 0.2) is 91.3 Å². The number of amides is 2. The number of rotatable bonds is 8. The predicted molar refractivity (Wildman–Crippen MR) is 174 cm³/mol. The van der Waals surface area contributed by atoms with Gasteiger partial charge in [0.2, 0.25) is 0 Å². The summed E-state index contributed by atoms with van der Waals surface area (Å²) < 4.78 is 0. The Morgan fingerprint density at radius 3 is 2.14 bits per heavy atom. The SMILES string of the molecule is Cc1c(C(=O)NC2CCN(Cc3ccc(N4CCC(NC(=O)c5ccccc5)CC4)nc3)CC2)cccc1-c1ccccn1. The van der Waals surface area contributed by atoms with Crippen LogP contribution in [0.25, 0.3) is 11.3 Å². The molecule has 44 heavy (non-hydrogen) atoms. The van der Waals surface area contributed by atoms with E-state index in [9.17, 15) is 9.59 Å². The normalized spacial score (nSPS) is 16.4. The molecule has 2 saturated heterocycles. The van der Waals surface area contributed by atoms with Crippen molar-refractivity contribution in [3.8, 4) is 11.3 Å². The van der Waals surface area contributed by atoms with Crippen molar-refractivity contribution in [1.29, 1.82) is 0 Å². The Morgan fingerprint density at radius 1 is 0.750 bits per heavy atom. The summed E-state index contributed by atoms with van der Waals surface area (Å²) in [6.07, 6.45) is 7.42. The van der Waals surface area contributed by atoms with E-state index in [1.165, 1.54) is 5.56 Å². The third kappa shape index (κ3) is 7.14. The van der Waals surface area contributed by atoms with Gasteiger partial charge >= 0.3 is 0 Å². The number of hydrogen-bond donors (Lipinski definition) is 2. The highest BCUT2D eigenvalue weighted by Crippen LogP contribution is 2.25. The van der Waals surface area contributed by atoms with Crippen molar-refractivity contribution >= 4 is 17.6 Å². The molecule has 4 heterocycles. The zero-order valence-electron chi connectivity index (χ0n) is 25.3. The Morgan fingerprint density at radius 2 is 1.45 bits per heavy atom. The molecule has 0 spiro atoms. The van der Waals surface area contributed by atoms with Gasteiger partial charge in [-0.25, -0.2) is 4.98 Å². The second-order valence-electron chi connectivity index (χ2n) is 11.8. The fraction of sp³-hybridized carbons (Fsp3) is 0.333. The molecule has 8 heteroatoms.